The van der Waals surface area contributed by atoms with Crippen molar-refractivity contribution in [3.8, 4) is 0 Å². The summed E-state index contributed by atoms with van der Waals surface area (Å²) < 4.78 is 37.6. The minimum Gasteiger partial charge on any atom is -0.452 e. The monoisotopic (exact) mass is 474 g/mol. The van der Waals surface area contributed by atoms with Crippen LogP contribution >= 0.6 is 0 Å². The Labute approximate surface area is 194 Å². The Bertz CT molecular complexity index is 1100. The van der Waals surface area contributed by atoms with Gasteiger partial charge in [-0.2, -0.15) is 4.31 Å². The van der Waals surface area contributed by atoms with Crippen LogP contribution in [-0.2, 0) is 37.1 Å². The maximum absolute atomic E-state index is 12.9. The van der Waals surface area contributed by atoms with Crippen molar-refractivity contribution in [2.45, 2.75) is 38.5 Å². The Morgan fingerprint density at radius 1 is 1.06 bits per heavy atom. The number of ether oxygens (including phenoxy) is 2. The van der Waals surface area contributed by atoms with Crippen molar-refractivity contribution in [2.24, 2.45) is 0 Å². The second kappa shape index (κ2) is 10.9. The van der Waals surface area contributed by atoms with E-state index in [1.165, 1.54) is 16.4 Å². The topological polar surface area (TPSA) is 102 Å². The van der Waals surface area contributed by atoms with Crippen molar-refractivity contribution in [2.75, 3.05) is 38.2 Å². The van der Waals surface area contributed by atoms with Crippen molar-refractivity contribution in [1.82, 2.24) is 4.31 Å². The van der Waals surface area contributed by atoms with Crippen molar-refractivity contribution in [3.05, 3.63) is 58.7 Å². The number of carbonyl (C=O) groups excluding carboxylic acids is 2. The molecule has 0 unspecified atom stereocenters. The number of anilines is 1. The number of nitrogens with zero attached hydrogens (tertiary/aromatic N) is 1. The number of carbonyl (C=O) groups is 2. The molecule has 33 heavy (non-hydrogen) atoms. The average molecular weight is 475 g/mol. The van der Waals surface area contributed by atoms with Crippen LogP contribution < -0.4 is 5.32 Å². The highest BCUT2D eigenvalue weighted by molar-refractivity contribution is 7.89. The van der Waals surface area contributed by atoms with E-state index in [9.17, 15) is 18.0 Å². The molecule has 1 amide bonds. The predicted molar refractivity (Wildman–Crippen MR) is 125 cm³/mol. The highest BCUT2D eigenvalue weighted by Crippen LogP contribution is 2.23. The van der Waals surface area contributed by atoms with E-state index in [1.807, 2.05) is 32.0 Å². The van der Waals surface area contributed by atoms with E-state index in [-0.39, 0.29) is 23.5 Å². The maximum Gasteiger partial charge on any atom is 0.338 e. The van der Waals surface area contributed by atoms with Gasteiger partial charge in [0.1, 0.15) is 0 Å². The molecule has 178 valence electrons. The molecule has 3 rings (SSSR count). The molecule has 2 aromatic carbocycles. The van der Waals surface area contributed by atoms with Gasteiger partial charge in [0.2, 0.25) is 10.0 Å². The fourth-order valence-corrected chi connectivity index (χ4v) is 5.14. The second-order valence-corrected chi connectivity index (χ2v) is 9.71. The van der Waals surface area contributed by atoms with Gasteiger partial charge in [0, 0.05) is 18.8 Å². The lowest BCUT2D eigenvalue weighted by atomic mass is 10.0. The van der Waals surface area contributed by atoms with E-state index >= 15 is 0 Å². The molecule has 0 atom stereocenters. The summed E-state index contributed by atoms with van der Waals surface area (Å²) in [5.74, 6) is -1.20. The molecule has 0 radical (unpaired) electrons. The Morgan fingerprint density at radius 3 is 2.30 bits per heavy atom. The molecule has 1 saturated heterocycles. The minimum absolute atomic E-state index is 0.0101. The lowest BCUT2D eigenvalue weighted by molar-refractivity contribution is -0.119. The SMILES string of the molecule is CCc1cccc(CC)c1NC(=O)COC(=O)c1cc(S(=O)(=O)N2CCOCC2)ccc1C. The zero-order valence-electron chi connectivity index (χ0n) is 19.2. The van der Waals surface area contributed by atoms with Crippen molar-refractivity contribution < 1.29 is 27.5 Å². The van der Waals surface area contributed by atoms with E-state index in [2.05, 4.69) is 5.32 Å². The number of morpholine rings is 1. The normalized spacial score (nSPS) is 14.6. The molecule has 0 aromatic heterocycles. The third kappa shape index (κ3) is 5.79. The van der Waals surface area contributed by atoms with Gasteiger partial charge in [-0.05, 0) is 48.6 Å². The van der Waals surface area contributed by atoms with Crippen LogP contribution in [0.25, 0.3) is 0 Å². The molecule has 0 aliphatic carbocycles. The molecule has 9 heteroatoms. The van der Waals surface area contributed by atoms with Crippen LogP contribution in [0.5, 0.6) is 0 Å². The number of aryl methyl sites for hydroxylation is 3. The number of hydrogen-bond donors (Lipinski definition) is 1. The standard InChI is InChI=1S/C24H30N2O6S/c1-4-18-7-6-8-19(5-2)23(18)25-22(27)16-32-24(28)21-15-20(10-9-17(21)3)33(29,30)26-11-13-31-14-12-26/h6-10,15H,4-5,11-14,16H2,1-3H3,(H,25,27). The molecule has 1 fully saturated rings. The lowest BCUT2D eigenvalue weighted by Gasteiger charge is -2.26. The Kier molecular flexibility index (Phi) is 8.23. The number of esters is 1. The fourth-order valence-electron chi connectivity index (χ4n) is 3.70. The van der Waals surface area contributed by atoms with E-state index < -0.39 is 28.5 Å². The predicted octanol–water partition coefficient (Wildman–Crippen LogP) is 2.94. The van der Waals surface area contributed by atoms with E-state index in [4.69, 9.17) is 9.47 Å². The first-order valence-corrected chi connectivity index (χ1v) is 12.5. The zero-order valence-corrected chi connectivity index (χ0v) is 20.0. The summed E-state index contributed by atoms with van der Waals surface area (Å²) in [4.78, 5) is 25.2. The number of hydrogen-bond acceptors (Lipinski definition) is 6. The summed E-state index contributed by atoms with van der Waals surface area (Å²) in [5, 5.41) is 2.85. The van der Waals surface area contributed by atoms with Gasteiger partial charge in [0.25, 0.3) is 5.91 Å². The van der Waals surface area contributed by atoms with E-state index in [0.29, 0.717) is 18.8 Å². The molecule has 1 heterocycles. The quantitative estimate of drug-likeness (QED) is 0.590. The van der Waals surface area contributed by atoms with Crippen LogP contribution in [0.1, 0.15) is 40.9 Å². The second-order valence-electron chi connectivity index (χ2n) is 7.78. The van der Waals surface area contributed by atoms with Gasteiger partial charge < -0.3 is 14.8 Å². The number of para-hydroxylation sites is 1. The third-order valence-corrected chi connectivity index (χ3v) is 7.53. The third-order valence-electron chi connectivity index (χ3n) is 5.63. The molecular weight excluding hydrogens is 444 g/mol. The van der Waals surface area contributed by atoms with Gasteiger partial charge in [0.15, 0.2) is 6.61 Å². The molecule has 0 bridgehead atoms. The minimum atomic E-state index is -3.76. The van der Waals surface area contributed by atoms with Gasteiger partial charge in [-0.3, -0.25) is 4.79 Å². The number of benzene rings is 2. The lowest BCUT2D eigenvalue weighted by Crippen LogP contribution is -2.40. The highest BCUT2D eigenvalue weighted by Gasteiger charge is 2.27. The highest BCUT2D eigenvalue weighted by atomic mass is 32.2. The van der Waals surface area contributed by atoms with Gasteiger partial charge in [-0.15, -0.1) is 0 Å². The molecular formula is C24H30N2O6S. The summed E-state index contributed by atoms with van der Waals surface area (Å²) in [6.45, 7) is 6.40. The van der Waals surface area contributed by atoms with Gasteiger partial charge in [-0.1, -0.05) is 38.1 Å². The van der Waals surface area contributed by atoms with Gasteiger partial charge in [-0.25, -0.2) is 13.2 Å². The maximum atomic E-state index is 12.9. The Morgan fingerprint density at radius 2 is 1.70 bits per heavy atom. The summed E-state index contributed by atoms with van der Waals surface area (Å²) in [6, 6.07) is 10.2. The molecule has 0 spiro atoms. The van der Waals surface area contributed by atoms with Crippen LogP contribution in [0.3, 0.4) is 0 Å². The average Bonchev–Trinajstić information content (AvgIpc) is 2.83. The first-order valence-electron chi connectivity index (χ1n) is 11.0. The first-order chi connectivity index (χ1) is 15.8. The number of amides is 1. The van der Waals surface area contributed by atoms with Gasteiger partial charge in [0.05, 0.1) is 23.7 Å². The number of rotatable bonds is 8. The molecule has 2 aromatic rings. The molecule has 1 N–H and O–H groups in total. The van der Waals surface area contributed by atoms with Crippen molar-refractivity contribution in [3.63, 3.8) is 0 Å². The number of sulfonamides is 1. The summed E-state index contributed by atoms with van der Waals surface area (Å²) in [5.41, 5.74) is 3.43. The fraction of sp³-hybridized carbons (Fsp3) is 0.417. The van der Waals surface area contributed by atoms with Crippen LogP contribution in [-0.4, -0.2) is 57.5 Å². The zero-order chi connectivity index (χ0) is 24.0. The Balaban J connectivity index is 1.71. The summed E-state index contributed by atoms with van der Waals surface area (Å²) in [6.07, 6.45) is 1.51. The molecule has 1 aliphatic rings. The summed E-state index contributed by atoms with van der Waals surface area (Å²) >= 11 is 0. The first kappa shape index (κ1) is 24.9. The molecule has 1 aliphatic heterocycles. The Hall–Kier alpha value is -2.75. The van der Waals surface area contributed by atoms with Crippen molar-refractivity contribution >= 4 is 27.6 Å². The van der Waals surface area contributed by atoms with E-state index in [1.54, 1.807) is 13.0 Å². The largest absolute Gasteiger partial charge is 0.452 e. The molecule has 0 saturated carbocycles. The van der Waals surface area contributed by atoms with Crippen LogP contribution in [0.4, 0.5) is 5.69 Å². The smallest absolute Gasteiger partial charge is 0.338 e. The van der Waals surface area contributed by atoms with Crippen LogP contribution in [0.15, 0.2) is 41.3 Å². The van der Waals surface area contributed by atoms with Gasteiger partial charge >= 0.3 is 5.97 Å². The van der Waals surface area contributed by atoms with E-state index in [0.717, 1.165) is 29.7 Å². The van der Waals surface area contributed by atoms with Crippen molar-refractivity contribution in [1.29, 1.82) is 0 Å². The summed E-state index contributed by atoms with van der Waals surface area (Å²) in [7, 11) is -3.76. The van der Waals surface area contributed by atoms with Crippen LogP contribution in [0.2, 0.25) is 0 Å². The van der Waals surface area contributed by atoms with Crippen LogP contribution in [0, 0.1) is 6.92 Å². The number of nitrogens with one attached hydrogen (secondary N) is 1. The molecule has 8 nitrogen and oxygen atoms in total.